The van der Waals surface area contributed by atoms with Gasteiger partial charge in [-0.3, -0.25) is 15.4 Å². The molecule has 36 heavy (non-hydrogen) atoms. The molecule has 10 heteroatoms. The first-order chi connectivity index (χ1) is 17.0. The molecule has 3 rings (SSSR count). The Bertz CT molecular complexity index is 1110. The summed E-state index contributed by atoms with van der Waals surface area (Å²) in [5.41, 5.74) is 3.09. The van der Waals surface area contributed by atoms with Crippen molar-refractivity contribution in [3.8, 4) is 5.75 Å². The van der Waals surface area contributed by atoms with Gasteiger partial charge in [-0.05, 0) is 79.0 Å². The summed E-state index contributed by atoms with van der Waals surface area (Å²) in [7, 11) is -2.34. The third-order valence-electron chi connectivity index (χ3n) is 6.05. The normalized spacial score (nSPS) is 18.7. The van der Waals surface area contributed by atoms with Crippen molar-refractivity contribution in [2.75, 3.05) is 13.7 Å². The minimum absolute atomic E-state index is 0.0839. The van der Waals surface area contributed by atoms with Crippen LogP contribution in [0.4, 0.5) is 0 Å². The van der Waals surface area contributed by atoms with E-state index in [1.54, 1.807) is 18.2 Å². The number of benzene rings is 1. The van der Waals surface area contributed by atoms with Crippen LogP contribution >= 0.6 is 0 Å². The average molecular weight is 520 g/mol. The van der Waals surface area contributed by atoms with Crippen LogP contribution in [-0.4, -0.2) is 49.5 Å². The highest BCUT2D eigenvalue weighted by Crippen LogP contribution is 2.30. The quantitative estimate of drug-likeness (QED) is 0.450. The van der Waals surface area contributed by atoms with Crippen LogP contribution in [0.5, 0.6) is 5.75 Å². The van der Waals surface area contributed by atoms with Crippen molar-refractivity contribution >= 4 is 15.7 Å². The summed E-state index contributed by atoms with van der Waals surface area (Å²) in [5.74, 6) is 0.510. The van der Waals surface area contributed by atoms with E-state index in [0.29, 0.717) is 22.9 Å². The minimum atomic E-state index is -3.85. The Balaban J connectivity index is 1.49. The fourth-order valence-electron chi connectivity index (χ4n) is 4.11. The summed E-state index contributed by atoms with van der Waals surface area (Å²) in [5, 5.41) is 10.8. The number of hydrazine groups is 1. The van der Waals surface area contributed by atoms with Crippen molar-refractivity contribution in [1.29, 1.82) is 0 Å². The smallest absolute Gasteiger partial charge is 0.236 e. The van der Waals surface area contributed by atoms with Gasteiger partial charge in [0.25, 0.3) is 0 Å². The van der Waals surface area contributed by atoms with Gasteiger partial charge in [-0.2, -0.15) is 0 Å². The molecule has 0 saturated heterocycles. The molecule has 1 aromatic carbocycles. The van der Waals surface area contributed by atoms with Crippen LogP contribution in [0, 0.1) is 11.3 Å². The zero-order chi connectivity index (χ0) is 26.3. The number of hydroxylamine groups is 1. The number of carbonyl (C=O) groups is 1. The zero-order valence-electron chi connectivity index (χ0n) is 21.4. The lowest BCUT2D eigenvalue weighted by atomic mass is 9.85. The first kappa shape index (κ1) is 28.0. The molecule has 1 fully saturated rings. The molecule has 1 saturated carbocycles. The van der Waals surface area contributed by atoms with Crippen LogP contribution in [0.25, 0.3) is 0 Å². The monoisotopic (exact) mass is 519 g/mol. The second-order valence-electron chi connectivity index (χ2n) is 10.5. The first-order valence-electron chi connectivity index (χ1n) is 12.2. The Morgan fingerprint density at radius 2 is 1.81 bits per heavy atom. The number of amides is 1. The van der Waals surface area contributed by atoms with E-state index >= 15 is 0 Å². The van der Waals surface area contributed by atoms with Crippen molar-refractivity contribution < 1.29 is 27.9 Å². The van der Waals surface area contributed by atoms with Crippen LogP contribution in [-0.2, 0) is 25.9 Å². The predicted octanol–water partition coefficient (Wildman–Crippen LogP) is 4.16. The molecule has 0 atom stereocenters. The summed E-state index contributed by atoms with van der Waals surface area (Å²) >= 11 is 0. The number of carbonyl (C=O) groups excluding carboxylic acids is 1. The van der Waals surface area contributed by atoms with E-state index in [4.69, 9.17) is 9.47 Å². The molecule has 9 nitrogen and oxygen atoms in total. The second kappa shape index (κ2) is 12.1. The van der Waals surface area contributed by atoms with E-state index in [1.807, 2.05) is 0 Å². The molecule has 2 N–H and O–H groups in total. The Morgan fingerprint density at radius 3 is 2.42 bits per heavy atom. The summed E-state index contributed by atoms with van der Waals surface area (Å²) in [6.07, 6.45) is 5.60. The van der Waals surface area contributed by atoms with Gasteiger partial charge in [0.15, 0.2) is 5.03 Å². The maximum Gasteiger partial charge on any atom is 0.236 e. The third kappa shape index (κ3) is 8.26. The molecule has 1 aliphatic carbocycles. The number of sulfone groups is 1. The standard InChI is InChI=1S/C26H37N3O6S/c1-26(2,3)18-35-22-7-5-19(6-8-22)15-24(30)28-29(31)17-20-13-14-27-25(16-20)36(32,33)23-11-9-21(34-4)10-12-23/h9-14,16,19,22,31H,5-8,15,17-18H2,1-4H3,(H,28,30). The van der Waals surface area contributed by atoms with E-state index in [2.05, 4.69) is 31.2 Å². The van der Waals surface area contributed by atoms with Crippen molar-refractivity contribution in [2.45, 2.75) is 75.4 Å². The number of nitrogens with zero attached hydrogens (tertiary/aromatic N) is 2. The van der Waals surface area contributed by atoms with Gasteiger partial charge in [0.05, 0.1) is 31.3 Å². The maximum atomic E-state index is 12.9. The number of hydrogen-bond donors (Lipinski definition) is 2. The third-order valence-corrected chi connectivity index (χ3v) is 7.72. The summed E-state index contributed by atoms with van der Waals surface area (Å²) in [4.78, 5) is 16.5. The van der Waals surface area contributed by atoms with Gasteiger partial charge < -0.3 is 9.47 Å². The molecule has 2 aromatic rings. The molecule has 1 heterocycles. The number of methoxy groups -OCH3 is 1. The average Bonchev–Trinajstić information content (AvgIpc) is 2.83. The van der Waals surface area contributed by atoms with Crippen LogP contribution in [0.3, 0.4) is 0 Å². The molecule has 1 aliphatic rings. The van der Waals surface area contributed by atoms with Gasteiger partial charge in [-0.15, -0.1) is 0 Å². The minimum Gasteiger partial charge on any atom is -0.497 e. The fraction of sp³-hybridized carbons (Fsp3) is 0.538. The number of ether oxygens (including phenoxy) is 2. The van der Waals surface area contributed by atoms with E-state index in [1.165, 1.54) is 31.5 Å². The molecular weight excluding hydrogens is 482 g/mol. The largest absolute Gasteiger partial charge is 0.497 e. The molecule has 1 amide bonds. The van der Waals surface area contributed by atoms with Gasteiger partial charge >= 0.3 is 0 Å². The summed E-state index contributed by atoms with van der Waals surface area (Å²) < 4.78 is 36.9. The molecule has 0 bridgehead atoms. The van der Waals surface area contributed by atoms with Gasteiger partial charge in [0.2, 0.25) is 15.7 Å². The van der Waals surface area contributed by atoms with Crippen LogP contribution < -0.4 is 10.2 Å². The Labute approximate surface area is 213 Å². The van der Waals surface area contributed by atoms with E-state index in [0.717, 1.165) is 32.3 Å². The molecule has 1 aromatic heterocycles. The van der Waals surface area contributed by atoms with Crippen molar-refractivity contribution in [3.05, 3.63) is 48.2 Å². The molecule has 0 radical (unpaired) electrons. The Hall–Kier alpha value is -2.53. The number of hydrogen-bond acceptors (Lipinski definition) is 8. The van der Waals surface area contributed by atoms with E-state index < -0.39 is 9.84 Å². The fourth-order valence-corrected chi connectivity index (χ4v) is 5.35. The molecule has 198 valence electrons. The topological polar surface area (TPSA) is 118 Å². The predicted molar refractivity (Wildman–Crippen MR) is 134 cm³/mol. The lowest BCUT2D eigenvalue weighted by Crippen LogP contribution is -2.40. The van der Waals surface area contributed by atoms with Crippen LogP contribution in [0.1, 0.15) is 58.4 Å². The number of pyridine rings is 1. The van der Waals surface area contributed by atoms with Gasteiger partial charge in [0, 0.05) is 12.6 Å². The van der Waals surface area contributed by atoms with Crippen molar-refractivity contribution in [3.63, 3.8) is 0 Å². The van der Waals surface area contributed by atoms with Gasteiger partial charge in [-0.25, -0.2) is 13.4 Å². The zero-order valence-corrected chi connectivity index (χ0v) is 22.3. The van der Waals surface area contributed by atoms with Gasteiger partial charge in [0.1, 0.15) is 5.75 Å². The number of rotatable bonds is 10. The van der Waals surface area contributed by atoms with Crippen LogP contribution in [0.2, 0.25) is 0 Å². The van der Waals surface area contributed by atoms with E-state index in [9.17, 15) is 18.4 Å². The highest BCUT2D eigenvalue weighted by molar-refractivity contribution is 7.91. The maximum absolute atomic E-state index is 12.9. The second-order valence-corrected chi connectivity index (χ2v) is 12.4. The number of nitrogens with one attached hydrogen (secondary N) is 1. The molecule has 0 spiro atoms. The molecular formula is C26H37N3O6S. The lowest BCUT2D eigenvalue weighted by molar-refractivity contribution is -0.166. The SMILES string of the molecule is COc1ccc(S(=O)(=O)c2cc(CN(O)NC(=O)CC3CCC(OCC(C)(C)C)CC3)ccn2)cc1. The van der Waals surface area contributed by atoms with Crippen molar-refractivity contribution in [1.82, 2.24) is 15.6 Å². The molecule has 0 aliphatic heterocycles. The van der Waals surface area contributed by atoms with Crippen molar-refractivity contribution in [2.24, 2.45) is 11.3 Å². The number of aromatic nitrogens is 1. The van der Waals surface area contributed by atoms with E-state index in [-0.39, 0.29) is 39.8 Å². The first-order valence-corrected chi connectivity index (χ1v) is 13.7. The summed E-state index contributed by atoms with van der Waals surface area (Å²) in [6.45, 7) is 7.08. The molecule has 0 unspecified atom stereocenters. The van der Waals surface area contributed by atoms with Gasteiger partial charge in [-0.1, -0.05) is 25.9 Å². The Morgan fingerprint density at radius 1 is 1.14 bits per heavy atom. The lowest BCUT2D eigenvalue weighted by Gasteiger charge is -2.30. The Kier molecular flexibility index (Phi) is 9.46. The van der Waals surface area contributed by atoms with Crippen LogP contribution in [0.15, 0.2) is 52.5 Å². The highest BCUT2D eigenvalue weighted by Gasteiger charge is 2.25. The summed E-state index contributed by atoms with van der Waals surface area (Å²) in [6, 6.07) is 8.99. The highest BCUT2D eigenvalue weighted by atomic mass is 32.2.